The summed E-state index contributed by atoms with van der Waals surface area (Å²) < 4.78 is 0. The summed E-state index contributed by atoms with van der Waals surface area (Å²) in [6, 6.07) is 4.05. The minimum atomic E-state index is 0.0196. The molecule has 1 aromatic rings. The zero-order valence-corrected chi connectivity index (χ0v) is 17.6. The van der Waals surface area contributed by atoms with Crippen LogP contribution in [0.4, 0.5) is 11.6 Å². The van der Waals surface area contributed by atoms with E-state index in [0.29, 0.717) is 38.8 Å². The zero-order valence-electron chi connectivity index (χ0n) is 17.6. The zero-order chi connectivity index (χ0) is 20.9. The number of Topliss-reactive ketones (excluding diaryl/α,β-unsaturated/α-hetero) is 1. The number of aliphatic hydroxyl groups excluding tert-OH is 1. The van der Waals surface area contributed by atoms with Gasteiger partial charge >= 0.3 is 0 Å². The molecule has 3 fully saturated rings. The summed E-state index contributed by atoms with van der Waals surface area (Å²) in [7, 11) is 0. The Kier molecular flexibility index (Phi) is 6.79. The number of aliphatic hydroxyl groups is 1. The van der Waals surface area contributed by atoms with Gasteiger partial charge in [-0.1, -0.05) is 0 Å². The molecule has 1 N–H and O–H groups in total. The predicted octanol–water partition coefficient (Wildman–Crippen LogP) is -0.00120. The van der Waals surface area contributed by atoms with E-state index < -0.39 is 0 Å². The number of anilines is 2. The molecule has 1 amide bonds. The Hall–Kier alpha value is -2.26. The van der Waals surface area contributed by atoms with Gasteiger partial charge in [-0.2, -0.15) is 0 Å². The van der Waals surface area contributed by atoms with Gasteiger partial charge in [-0.15, -0.1) is 10.2 Å². The molecule has 0 bridgehead atoms. The lowest BCUT2D eigenvalue weighted by molar-refractivity contribution is -0.137. The van der Waals surface area contributed by atoms with Crippen LogP contribution < -0.4 is 9.80 Å². The van der Waals surface area contributed by atoms with Gasteiger partial charge in [0.25, 0.3) is 0 Å². The Morgan fingerprint density at radius 1 is 0.900 bits per heavy atom. The van der Waals surface area contributed by atoms with Crippen molar-refractivity contribution < 1.29 is 14.7 Å². The molecule has 1 aliphatic carbocycles. The fourth-order valence-electron chi connectivity index (χ4n) is 4.60. The molecule has 9 nitrogen and oxygen atoms in total. The minimum Gasteiger partial charge on any atom is -0.395 e. The van der Waals surface area contributed by atoms with Crippen molar-refractivity contribution in [2.75, 3.05) is 75.3 Å². The van der Waals surface area contributed by atoms with Crippen molar-refractivity contribution in [1.82, 2.24) is 20.0 Å². The van der Waals surface area contributed by atoms with Gasteiger partial charge in [0.2, 0.25) is 5.91 Å². The van der Waals surface area contributed by atoms with Gasteiger partial charge in [-0.05, 0) is 25.0 Å². The van der Waals surface area contributed by atoms with E-state index in [-0.39, 0.29) is 24.2 Å². The second kappa shape index (κ2) is 9.70. The van der Waals surface area contributed by atoms with Gasteiger partial charge in [0.05, 0.1) is 6.61 Å². The molecule has 0 radical (unpaired) electrons. The predicted molar refractivity (Wildman–Crippen MR) is 114 cm³/mol. The first-order valence-corrected chi connectivity index (χ1v) is 11.1. The average Bonchev–Trinajstić information content (AvgIpc) is 2.80. The summed E-state index contributed by atoms with van der Waals surface area (Å²) >= 11 is 0. The number of carbonyl (C=O) groups is 2. The van der Waals surface area contributed by atoms with Crippen LogP contribution >= 0.6 is 0 Å². The summed E-state index contributed by atoms with van der Waals surface area (Å²) in [4.78, 5) is 32.8. The third-order valence-corrected chi connectivity index (χ3v) is 6.56. The van der Waals surface area contributed by atoms with E-state index in [2.05, 4.69) is 24.9 Å². The van der Waals surface area contributed by atoms with Crippen LogP contribution in [0, 0.1) is 5.92 Å². The maximum Gasteiger partial charge on any atom is 0.225 e. The Morgan fingerprint density at radius 3 is 1.93 bits per heavy atom. The first-order valence-electron chi connectivity index (χ1n) is 11.1. The number of amides is 1. The Labute approximate surface area is 177 Å². The molecule has 164 valence electrons. The fourth-order valence-corrected chi connectivity index (χ4v) is 4.60. The summed E-state index contributed by atoms with van der Waals surface area (Å²) in [5, 5.41) is 17.9. The minimum absolute atomic E-state index is 0.0196. The molecule has 0 spiro atoms. The van der Waals surface area contributed by atoms with Crippen molar-refractivity contribution in [2.24, 2.45) is 5.92 Å². The van der Waals surface area contributed by atoms with Crippen LogP contribution in [-0.4, -0.2) is 102 Å². The van der Waals surface area contributed by atoms with Crippen LogP contribution in [-0.2, 0) is 9.59 Å². The van der Waals surface area contributed by atoms with E-state index in [4.69, 9.17) is 5.11 Å². The lowest BCUT2D eigenvalue weighted by atomic mass is 9.87. The monoisotopic (exact) mass is 416 g/mol. The fraction of sp³-hybridized carbons (Fsp3) is 0.714. The van der Waals surface area contributed by atoms with Crippen LogP contribution in [0.15, 0.2) is 12.1 Å². The van der Waals surface area contributed by atoms with E-state index in [1.165, 1.54) is 0 Å². The second-order valence-electron chi connectivity index (χ2n) is 8.43. The van der Waals surface area contributed by atoms with Gasteiger partial charge in [0.15, 0.2) is 11.6 Å². The van der Waals surface area contributed by atoms with Gasteiger partial charge in [-0.3, -0.25) is 14.5 Å². The number of hydrogen-bond acceptors (Lipinski definition) is 8. The van der Waals surface area contributed by atoms with Crippen LogP contribution in [0.1, 0.15) is 25.7 Å². The van der Waals surface area contributed by atoms with Crippen molar-refractivity contribution >= 4 is 23.3 Å². The van der Waals surface area contributed by atoms with Gasteiger partial charge < -0.3 is 19.8 Å². The van der Waals surface area contributed by atoms with E-state index in [1.54, 1.807) is 0 Å². The Bertz CT molecular complexity index is 717. The third-order valence-electron chi connectivity index (χ3n) is 6.56. The largest absolute Gasteiger partial charge is 0.395 e. The Balaban J connectivity index is 1.26. The van der Waals surface area contributed by atoms with E-state index in [0.717, 1.165) is 57.4 Å². The number of β-amino-alcohol motifs (C(OH)–C–C–N with tert-alkyl or cyclic N) is 1. The third kappa shape index (κ3) is 4.89. The molecular formula is C21H32N6O3. The smallest absolute Gasteiger partial charge is 0.225 e. The molecule has 2 aliphatic heterocycles. The molecule has 30 heavy (non-hydrogen) atoms. The van der Waals surface area contributed by atoms with Crippen molar-refractivity contribution in [3.63, 3.8) is 0 Å². The molecule has 0 aromatic carbocycles. The molecule has 2 saturated heterocycles. The molecule has 0 unspecified atom stereocenters. The molecule has 1 aromatic heterocycles. The highest BCUT2D eigenvalue weighted by molar-refractivity contribution is 5.84. The van der Waals surface area contributed by atoms with Crippen LogP contribution in [0.5, 0.6) is 0 Å². The molecular weight excluding hydrogens is 384 g/mol. The van der Waals surface area contributed by atoms with Crippen molar-refractivity contribution in [2.45, 2.75) is 25.7 Å². The number of carbonyl (C=O) groups excluding carboxylic acids is 2. The van der Waals surface area contributed by atoms with Crippen molar-refractivity contribution in [3.8, 4) is 0 Å². The van der Waals surface area contributed by atoms with Gasteiger partial charge in [-0.25, -0.2) is 0 Å². The van der Waals surface area contributed by atoms with E-state index in [1.807, 2.05) is 17.0 Å². The SMILES string of the molecule is O=C1CCC(C(=O)N2CCN(c3ccc(N4CCN(CCO)CC4)nn3)CC2)CC1. The summed E-state index contributed by atoms with van der Waals surface area (Å²) in [5.74, 6) is 2.27. The van der Waals surface area contributed by atoms with Crippen LogP contribution in [0.25, 0.3) is 0 Å². The van der Waals surface area contributed by atoms with Crippen LogP contribution in [0.3, 0.4) is 0 Å². The lowest BCUT2D eigenvalue weighted by Crippen LogP contribution is -2.51. The van der Waals surface area contributed by atoms with Crippen LogP contribution in [0.2, 0.25) is 0 Å². The maximum absolute atomic E-state index is 12.7. The first-order chi connectivity index (χ1) is 14.6. The summed E-state index contributed by atoms with van der Waals surface area (Å²) in [5.41, 5.74) is 0. The standard InChI is InChI=1S/C21H32N6O3/c28-16-15-24-7-9-25(10-8-24)19-5-6-20(23-22-19)26-11-13-27(14-12-26)21(30)17-1-3-18(29)4-2-17/h5-6,17,28H,1-4,7-16H2. The maximum atomic E-state index is 12.7. The molecule has 4 rings (SSSR count). The van der Waals surface area contributed by atoms with E-state index >= 15 is 0 Å². The number of ketones is 1. The van der Waals surface area contributed by atoms with Gasteiger partial charge in [0.1, 0.15) is 5.78 Å². The Morgan fingerprint density at radius 2 is 1.43 bits per heavy atom. The van der Waals surface area contributed by atoms with E-state index in [9.17, 15) is 9.59 Å². The topological polar surface area (TPSA) is 93.1 Å². The number of piperazine rings is 2. The second-order valence-corrected chi connectivity index (χ2v) is 8.43. The lowest BCUT2D eigenvalue weighted by Gasteiger charge is -2.37. The quantitative estimate of drug-likeness (QED) is 0.717. The highest BCUT2D eigenvalue weighted by Gasteiger charge is 2.30. The molecule has 3 heterocycles. The molecule has 0 atom stereocenters. The highest BCUT2D eigenvalue weighted by Crippen LogP contribution is 2.25. The molecule has 1 saturated carbocycles. The number of hydrogen-bond donors (Lipinski definition) is 1. The first kappa shape index (κ1) is 21.0. The number of aromatic nitrogens is 2. The summed E-state index contributed by atoms with van der Waals surface area (Å²) in [6.07, 6.45) is 2.52. The summed E-state index contributed by atoms with van der Waals surface area (Å²) in [6.45, 7) is 7.46. The van der Waals surface area contributed by atoms with Gasteiger partial charge in [0, 0.05) is 77.7 Å². The molecule has 3 aliphatic rings. The van der Waals surface area contributed by atoms with Crippen molar-refractivity contribution in [3.05, 3.63) is 12.1 Å². The van der Waals surface area contributed by atoms with Crippen molar-refractivity contribution in [1.29, 1.82) is 0 Å². The molecule has 9 heteroatoms. The number of nitrogens with zero attached hydrogens (tertiary/aromatic N) is 6. The highest BCUT2D eigenvalue weighted by atomic mass is 16.3. The normalized spacial score (nSPS) is 21.9. The average molecular weight is 417 g/mol. The number of rotatable bonds is 5.